The summed E-state index contributed by atoms with van der Waals surface area (Å²) in [6, 6.07) is 15.1. The third-order valence-corrected chi connectivity index (χ3v) is 5.77. The lowest BCUT2D eigenvalue weighted by atomic mass is 10.0. The van der Waals surface area contributed by atoms with Crippen molar-refractivity contribution in [1.29, 1.82) is 0 Å². The highest BCUT2D eigenvalue weighted by molar-refractivity contribution is 5.93. The summed E-state index contributed by atoms with van der Waals surface area (Å²) in [6.45, 7) is 8.26. The molecular weight excluding hydrogens is 358 g/mol. The van der Waals surface area contributed by atoms with Crippen LogP contribution in [0.4, 0.5) is 5.82 Å². The minimum atomic E-state index is 1.01. The van der Waals surface area contributed by atoms with Crippen molar-refractivity contribution in [2.75, 3.05) is 31.1 Å². The zero-order valence-corrected chi connectivity index (χ0v) is 16.9. The first-order valence-electron chi connectivity index (χ1n) is 10.2. The van der Waals surface area contributed by atoms with Crippen LogP contribution in [0.1, 0.15) is 11.3 Å². The quantitative estimate of drug-likeness (QED) is 0.553. The van der Waals surface area contributed by atoms with Crippen molar-refractivity contribution in [3.05, 3.63) is 66.1 Å². The first-order valence-corrected chi connectivity index (χ1v) is 10.2. The number of fused-ring (bicyclic) bond motifs is 1. The number of piperazine rings is 1. The first kappa shape index (κ1) is 17.9. The molecule has 1 fully saturated rings. The molecule has 1 aliphatic rings. The maximum Gasteiger partial charge on any atom is 0.128 e. The molecule has 5 rings (SSSR count). The van der Waals surface area contributed by atoms with E-state index in [1.165, 1.54) is 22.1 Å². The van der Waals surface area contributed by atoms with E-state index in [0.29, 0.717) is 0 Å². The zero-order valence-electron chi connectivity index (χ0n) is 16.9. The van der Waals surface area contributed by atoms with E-state index in [1.807, 2.05) is 19.3 Å². The van der Waals surface area contributed by atoms with Gasteiger partial charge in [0.2, 0.25) is 0 Å². The molecule has 2 N–H and O–H groups in total. The summed E-state index contributed by atoms with van der Waals surface area (Å²) in [5, 5.41) is 4.64. The molecule has 1 aliphatic heterocycles. The Morgan fingerprint density at radius 1 is 0.862 bits per heavy atom. The fourth-order valence-corrected chi connectivity index (χ4v) is 4.14. The van der Waals surface area contributed by atoms with Gasteiger partial charge in [-0.05, 0) is 55.3 Å². The van der Waals surface area contributed by atoms with E-state index in [-0.39, 0.29) is 0 Å². The number of aryl methyl sites for hydroxylation is 2. The Balaban J connectivity index is 1.48. The lowest BCUT2D eigenvalue weighted by Gasteiger charge is -2.28. The summed E-state index contributed by atoms with van der Waals surface area (Å²) >= 11 is 0. The average molecular weight is 383 g/mol. The van der Waals surface area contributed by atoms with E-state index in [1.54, 1.807) is 0 Å². The van der Waals surface area contributed by atoms with Gasteiger partial charge in [0, 0.05) is 72.0 Å². The third kappa shape index (κ3) is 3.38. The minimum Gasteiger partial charge on any atom is -0.354 e. The van der Waals surface area contributed by atoms with Gasteiger partial charge in [0.1, 0.15) is 5.82 Å². The molecule has 146 valence electrons. The highest BCUT2D eigenvalue weighted by Gasteiger charge is 2.13. The van der Waals surface area contributed by atoms with Gasteiger partial charge in [0.05, 0.1) is 0 Å². The average Bonchev–Trinajstić information content (AvgIpc) is 3.10. The van der Waals surface area contributed by atoms with Gasteiger partial charge in [-0.2, -0.15) is 0 Å². The van der Waals surface area contributed by atoms with Crippen LogP contribution in [0.15, 0.2) is 54.9 Å². The van der Waals surface area contributed by atoms with Gasteiger partial charge in [-0.1, -0.05) is 12.1 Å². The lowest BCUT2D eigenvalue weighted by Crippen LogP contribution is -2.43. The van der Waals surface area contributed by atoms with Gasteiger partial charge in [0.25, 0.3) is 0 Å². The summed E-state index contributed by atoms with van der Waals surface area (Å²) in [4.78, 5) is 15.0. The van der Waals surface area contributed by atoms with Crippen LogP contribution in [0, 0.1) is 13.8 Å². The number of hydrogen-bond donors (Lipinski definition) is 2. The number of benzene rings is 1. The zero-order chi connectivity index (χ0) is 19.8. The van der Waals surface area contributed by atoms with E-state index in [2.05, 4.69) is 69.6 Å². The molecule has 5 heteroatoms. The Hall–Kier alpha value is -3.18. The van der Waals surface area contributed by atoms with Crippen molar-refractivity contribution in [3.63, 3.8) is 0 Å². The molecule has 3 aromatic heterocycles. The summed E-state index contributed by atoms with van der Waals surface area (Å²) < 4.78 is 0. The number of rotatable bonds is 3. The molecule has 5 nitrogen and oxygen atoms in total. The minimum absolute atomic E-state index is 1.01. The molecule has 0 radical (unpaired) electrons. The molecule has 0 spiro atoms. The summed E-state index contributed by atoms with van der Waals surface area (Å²) in [5.74, 6) is 1.06. The Morgan fingerprint density at radius 2 is 1.69 bits per heavy atom. The highest BCUT2D eigenvalue weighted by Crippen LogP contribution is 2.32. The maximum absolute atomic E-state index is 4.72. The van der Waals surface area contributed by atoms with Gasteiger partial charge in [-0.25, -0.2) is 4.98 Å². The number of H-pyrrole nitrogens is 1. The normalized spacial score (nSPS) is 14.5. The molecule has 0 saturated carbocycles. The van der Waals surface area contributed by atoms with E-state index in [9.17, 15) is 0 Å². The standard InChI is InChI=1S/C24H25N5/c1-16-13-19(7-8-26-16)24-17(2)21-5-3-18(14-22(21)28-24)20-4-6-23(27-15-20)29-11-9-25-10-12-29/h3-8,13-15,25,28H,9-12H2,1-2H3. The molecular formula is C24H25N5. The number of anilines is 1. The predicted molar refractivity (Wildman–Crippen MR) is 119 cm³/mol. The number of aromatic amines is 1. The Bertz CT molecular complexity index is 1150. The summed E-state index contributed by atoms with van der Waals surface area (Å²) in [6.07, 6.45) is 3.86. The smallest absolute Gasteiger partial charge is 0.128 e. The summed E-state index contributed by atoms with van der Waals surface area (Å²) in [7, 11) is 0. The van der Waals surface area contributed by atoms with Crippen LogP contribution in [0.25, 0.3) is 33.3 Å². The monoisotopic (exact) mass is 383 g/mol. The van der Waals surface area contributed by atoms with Crippen molar-refractivity contribution < 1.29 is 0 Å². The second kappa shape index (κ2) is 7.33. The van der Waals surface area contributed by atoms with Crippen molar-refractivity contribution in [3.8, 4) is 22.4 Å². The second-order valence-corrected chi connectivity index (χ2v) is 7.71. The highest BCUT2D eigenvalue weighted by atomic mass is 15.2. The fourth-order valence-electron chi connectivity index (χ4n) is 4.14. The first-order chi connectivity index (χ1) is 14.2. The largest absolute Gasteiger partial charge is 0.354 e. The maximum atomic E-state index is 4.72. The molecule has 4 heterocycles. The molecule has 29 heavy (non-hydrogen) atoms. The molecule has 0 bridgehead atoms. The fraction of sp³-hybridized carbons (Fsp3) is 0.250. The SMILES string of the molecule is Cc1cc(-c2[nH]c3cc(-c4ccc(N5CCNCC5)nc4)ccc3c2C)ccn1. The topological polar surface area (TPSA) is 56.8 Å². The van der Waals surface area contributed by atoms with Crippen molar-refractivity contribution in [2.24, 2.45) is 0 Å². The number of pyridine rings is 2. The van der Waals surface area contributed by atoms with Crippen LogP contribution in [-0.4, -0.2) is 41.1 Å². The van der Waals surface area contributed by atoms with E-state index in [0.717, 1.165) is 54.5 Å². The van der Waals surface area contributed by atoms with Crippen LogP contribution in [0.2, 0.25) is 0 Å². The number of aromatic nitrogens is 3. The van der Waals surface area contributed by atoms with Crippen molar-refractivity contribution in [1.82, 2.24) is 20.3 Å². The van der Waals surface area contributed by atoms with Gasteiger partial charge in [-0.15, -0.1) is 0 Å². The molecule has 0 atom stereocenters. The molecule has 0 aliphatic carbocycles. The van der Waals surface area contributed by atoms with E-state index >= 15 is 0 Å². The molecule has 4 aromatic rings. The lowest BCUT2D eigenvalue weighted by molar-refractivity contribution is 0.585. The van der Waals surface area contributed by atoms with Crippen molar-refractivity contribution >= 4 is 16.7 Å². The van der Waals surface area contributed by atoms with Gasteiger partial charge in [0.15, 0.2) is 0 Å². The number of nitrogens with zero attached hydrogens (tertiary/aromatic N) is 3. The van der Waals surface area contributed by atoms with Gasteiger partial charge < -0.3 is 15.2 Å². The molecule has 0 unspecified atom stereocenters. The third-order valence-electron chi connectivity index (χ3n) is 5.77. The Morgan fingerprint density at radius 3 is 2.45 bits per heavy atom. The van der Waals surface area contributed by atoms with Crippen LogP contribution in [0.3, 0.4) is 0 Å². The van der Waals surface area contributed by atoms with Crippen LogP contribution in [0.5, 0.6) is 0 Å². The number of nitrogens with one attached hydrogen (secondary N) is 2. The Labute approximate surface area is 170 Å². The van der Waals surface area contributed by atoms with Crippen LogP contribution in [-0.2, 0) is 0 Å². The summed E-state index contributed by atoms with van der Waals surface area (Å²) in [5.41, 5.74) is 8.09. The molecule has 1 saturated heterocycles. The Kier molecular flexibility index (Phi) is 4.52. The van der Waals surface area contributed by atoms with Gasteiger partial charge >= 0.3 is 0 Å². The van der Waals surface area contributed by atoms with Gasteiger partial charge in [-0.3, -0.25) is 4.98 Å². The van der Waals surface area contributed by atoms with Crippen LogP contribution >= 0.6 is 0 Å². The predicted octanol–water partition coefficient (Wildman–Crippen LogP) is 4.32. The van der Waals surface area contributed by atoms with E-state index < -0.39 is 0 Å². The van der Waals surface area contributed by atoms with Crippen molar-refractivity contribution in [2.45, 2.75) is 13.8 Å². The number of hydrogen-bond acceptors (Lipinski definition) is 4. The second-order valence-electron chi connectivity index (χ2n) is 7.71. The molecule has 1 aromatic carbocycles. The van der Waals surface area contributed by atoms with Crippen LogP contribution < -0.4 is 10.2 Å². The molecule has 0 amide bonds. The van der Waals surface area contributed by atoms with E-state index in [4.69, 9.17) is 4.98 Å².